The number of ketones is 1. The Hall–Kier alpha value is -1.51. The average molecular weight is 250 g/mol. The van der Waals surface area contributed by atoms with Crippen LogP contribution in [0.3, 0.4) is 0 Å². The first-order valence-electron chi connectivity index (χ1n) is 6.36. The minimum absolute atomic E-state index is 0.110. The first kappa shape index (κ1) is 12.9. The van der Waals surface area contributed by atoms with Gasteiger partial charge in [0, 0.05) is 11.6 Å². The molecular weight excluding hydrogens is 234 g/mol. The van der Waals surface area contributed by atoms with E-state index in [1.54, 1.807) is 0 Å². The number of hydrogen-bond donors (Lipinski definition) is 0. The van der Waals surface area contributed by atoms with E-state index in [9.17, 15) is 13.6 Å². The highest BCUT2D eigenvalue weighted by Crippen LogP contribution is 2.21. The number of allylic oxidation sites excluding steroid dienone is 2. The molecule has 0 spiro atoms. The van der Waals surface area contributed by atoms with Gasteiger partial charge in [-0.05, 0) is 43.4 Å². The van der Waals surface area contributed by atoms with Crippen molar-refractivity contribution in [2.24, 2.45) is 0 Å². The van der Waals surface area contributed by atoms with E-state index in [1.165, 1.54) is 6.42 Å². The molecule has 0 N–H and O–H groups in total. The fraction of sp³-hybridized carbons (Fsp3) is 0.400. The largest absolute Gasteiger partial charge is 0.289 e. The lowest BCUT2D eigenvalue weighted by atomic mass is 9.94. The van der Waals surface area contributed by atoms with Gasteiger partial charge in [0.15, 0.2) is 5.78 Å². The summed E-state index contributed by atoms with van der Waals surface area (Å²) in [5.41, 5.74) is 0.805. The molecule has 0 saturated heterocycles. The van der Waals surface area contributed by atoms with Crippen molar-refractivity contribution < 1.29 is 13.6 Å². The predicted molar refractivity (Wildman–Crippen MR) is 66.5 cm³/mol. The fourth-order valence-corrected chi connectivity index (χ4v) is 2.27. The van der Waals surface area contributed by atoms with Gasteiger partial charge in [0.2, 0.25) is 0 Å². The van der Waals surface area contributed by atoms with Crippen LogP contribution in [0.2, 0.25) is 0 Å². The normalized spacial score (nSPS) is 19.6. The minimum Gasteiger partial charge on any atom is -0.289 e. The van der Waals surface area contributed by atoms with Gasteiger partial charge in [-0.1, -0.05) is 18.9 Å². The highest BCUT2D eigenvalue weighted by Gasteiger charge is 2.15. The van der Waals surface area contributed by atoms with Crippen LogP contribution in [0, 0.1) is 11.6 Å². The Labute approximate surface area is 106 Å². The average Bonchev–Trinajstić information content (AvgIpc) is 2.26. The second-order valence-corrected chi connectivity index (χ2v) is 4.67. The summed E-state index contributed by atoms with van der Waals surface area (Å²) in [6, 6.07) is 2.99. The van der Waals surface area contributed by atoms with Crippen molar-refractivity contribution in [2.45, 2.75) is 38.5 Å². The SMILES string of the molecule is O=C(/C1=C/CCCCCC1)c1cc(F)cc(F)c1. The third-order valence-corrected chi connectivity index (χ3v) is 3.21. The summed E-state index contributed by atoms with van der Waals surface area (Å²) < 4.78 is 26.2. The Kier molecular flexibility index (Phi) is 4.24. The lowest BCUT2D eigenvalue weighted by Gasteiger charge is -2.10. The predicted octanol–water partition coefficient (Wildman–Crippen LogP) is 4.43. The van der Waals surface area contributed by atoms with Gasteiger partial charge in [-0.25, -0.2) is 8.78 Å². The van der Waals surface area contributed by atoms with Crippen molar-refractivity contribution in [3.8, 4) is 0 Å². The van der Waals surface area contributed by atoms with Crippen LogP contribution in [0.25, 0.3) is 0 Å². The zero-order valence-electron chi connectivity index (χ0n) is 10.2. The molecule has 0 fully saturated rings. The molecule has 3 heteroatoms. The molecule has 0 radical (unpaired) electrons. The summed E-state index contributed by atoms with van der Waals surface area (Å²) in [4.78, 5) is 12.2. The van der Waals surface area contributed by atoms with Gasteiger partial charge >= 0.3 is 0 Å². The summed E-state index contributed by atoms with van der Waals surface area (Å²) in [5.74, 6) is -1.65. The van der Waals surface area contributed by atoms with Crippen molar-refractivity contribution in [1.82, 2.24) is 0 Å². The van der Waals surface area contributed by atoms with E-state index < -0.39 is 11.6 Å². The van der Waals surface area contributed by atoms with Crippen LogP contribution in [-0.2, 0) is 0 Å². The number of Topliss-reactive ketones (excluding diaryl/α,β-unsaturated/α-hetero) is 1. The highest BCUT2D eigenvalue weighted by atomic mass is 19.1. The maximum absolute atomic E-state index is 13.1. The van der Waals surface area contributed by atoms with Crippen LogP contribution in [-0.4, -0.2) is 5.78 Å². The number of hydrogen-bond acceptors (Lipinski definition) is 1. The number of rotatable bonds is 2. The van der Waals surface area contributed by atoms with Crippen LogP contribution in [0.5, 0.6) is 0 Å². The van der Waals surface area contributed by atoms with Crippen LogP contribution < -0.4 is 0 Å². The molecule has 0 bridgehead atoms. The monoisotopic (exact) mass is 250 g/mol. The Balaban J connectivity index is 2.23. The molecule has 0 saturated carbocycles. The van der Waals surface area contributed by atoms with Crippen LogP contribution in [0.15, 0.2) is 29.8 Å². The molecule has 1 nitrogen and oxygen atoms in total. The summed E-state index contributed by atoms with van der Waals surface area (Å²) >= 11 is 0. The molecule has 0 atom stereocenters. The quantitative estimate of drug-likeness (QED) is 0.710. The second kappa shape index (κ2) is 5.89. The molecule has 1 aromatic carbocycles. The van der Waals surface area contributed by atoms with Crippen molar-refractivity contribution in [3.63, 3.8) is 0 Å². The van der Waals surface area contributed by atoms with Gasteiger partial charge in [-0.3, -0.25) is 4.79 Å². The number of carbonyl (C=O) groups excluding carboxylic acids is 1. The van der Waals surface area contributed by atoms with E-state index in [0.29, 0.717) is 12.0 Å². The standard InChI is InChI=1S/C15H16F2O/c16-13-8-12(9-14(17)10-13)15(18)11-6-4-2-1-3-5-7-11/h6,8-10H,1-5,7H2/b11-6+. The molecule has 0 unspecified atom stereocenters. The van der Waals surface area contributed by atoms with Crippen molar-refractivity contribution in [2.75, 3.05) is 0 Å². The van der Waals surface area contributed by atoms with Gasteiger partial charge in [0.1, 0.15) is 11.6 Å². The Bertz CT molecular complexity index is 457. The molecule has 0 amide bonds. The first-order valence-corrected chi connectivity index (χ1v) is 6.36. The lowest BCUT2D eigenvalue weighted by Crippen LogP contribution is -2.06. The third-order valence-electron chi connectivity index (χ3n) is 3.21. The van der Waals surface area contributed by atoms with Crippen molar-refractivity contribution in [1.29, 1.82) is 0 Å². The second-order valence-electron chi connectivity index (χ2n) is 4.67. The van der Waals surface area contributed by atoms with Crippen LogP contribution >= 0.6 is 0 Å². The van der Waals surface area contributed by atoms with E-state index in [1.807, 2.05) is 6.08 Å². The molecule has 0 aliphatic heterocycles. The van der Waals surface area contributed by atoms with Gasteiger partial charge in [-0.15, -0.1) is 0 Å². The molecule has 2 rings (SSSR count). The molecule has 96 valence electrons. The highest BCUT2D eigenvalue weighted by molar-refractivity contribution is 6.08. The fourth-order valence-electron chi connectivity index (χ4n) is 2.27. The van der Waals surface area contributed by atoms with Crippen LogP contribution in [0.4, 0.5) is 8.78 Å². The molecule has 18 heavy (non-hydrogen) atoms. The Morgan fingerprint density at radius 1 is 0.944 bits per heavy atom. The van der Waals surface area contributed by atoms with E-state index >= 15 is 0 Å². The lowest BCUT2D eigenvalue weighted by molar-refractivity contribution is 0.102. The molecule has 0 aromatic heterocycles. The molecule has 1 aliphatic carbocycles. The zero-order chi connectivity index (χ0) is 13.0. The minimum atomic E-state index is -0.704. The number of carbonyl (C=O) groups is 1. The Morgan fingerprint density at radius 3 is 2.33 bits per heavy atom. The van der Waals surface area contributed by atoms with Crippen molar-refractivity contribution in [3.05, 3.63) is 47.0 Å². The zero-order valence-corrected chi connectivity index (χ0v) is 10.2. The maximum Gasteiger partial charge on any atom is 0.188 e. The summed E-state index contributed by atoms with van der Waals surface area (Å²) in [7, 11) is 0. The molecule has 0 heterocycles. The number of benzene rings is 1. The summed E-state index contributed by atoms with van der Waals surface area (Å²) in [6.45, 7) is 0. The van der Waals surface area contributed by atoms with Gasteiger partial charge in [0.25, 0.3) is 0 Å². The van der Waals surface area contributed by atoms with E-state index in [-0.39, 0.29) is 11.3 Å². The smallest absolute Gasteiger partial charge is 0.188 e. The third kappa shape index (κ3) is 3.25. The number of halogens is 2. The maximum atomic E-state index is 13.1. The van der Waals surface area contributed by atoms with E-state index in [2.05, 4.69) is 0 Å². The van der Waals surface area contributed by atoms with E-state index in [4.69, 9.17) is 0 Å². The van der Waals surface area contributed by atoms with Crippen molar-refractivity contribution >= 4 is 5.78 Å². The van der Waals surface area contributed by atoms with Crippen LogP contribution in [0.1, 0.15) is 48.9 Å². The summed E-state index contributed by atoms with van der Waals surface area (Å²) in [6.07, 6.45) is 7.85. The Morgan fingerprint density at radius 2 is 1.61 bits per heavy atom. The van der Waals surface area contributed by atoms with Gasteiger partial charge in [0.05, 0.1) is 0 Å². The molecule has 1 aromatic rings. The van der Waals surface area contributed by atoms with E-state index in [0.717, 1.165) is 43.9 Å². The molecular formula is C15H16F2O. The molecule has 1 aliphatic rings. The first-order chi connectivity index (χ1) is 8.66. The summed E-state index contributed by atoms with van der Waals surface area (Å²) in [5, 5.41) is 0. The van der Waals surface area contributed by atoms with Gasteiger partial charge in [-0.2, -0.15) is 0 Å². The topological polar surface area (TPSA) is 17.1 Å². The van der Waals surface area contributed by atoms with Gasteiger partial charge < -0.3 is 0 Å².